The van der Waals surface area contributed by atoms with Gasteiger partial charge in [-0.2, -0.15) is 13.2 Å². The molecular formula is C20H14ClF3N2O3. The van der Waals surface area contributed by atoms with Crippen LogP contribution in [0.25, 0.3) is 10.9 Å². The maximum atomic E-state index is 12.9. The lowest BCUT2D eigenvalue weighted by Crippen LogP contribution is -2.30. The Balaban J connectivity index is 1.79. The van der Waals surface area contributed by atoms with E-state index in [1.807, 2.05) is 6.92 Å². The van der Waals surface area contributed by atoms with Gasteiger partial charge in [0.2, 0.25) is 5.43 Å². The SMILES string of the molecule is CC1Cn2cc(C(=O)Nc3cccc(C(F)(F)F)c3)c(=O)c3c(Cl)ccc(c32)O1. The summed E-state index contributed by atoms with van der Waals surface area (Å²) in [6.45, 7) is 2.22. The Kier molecular flexibility index (Phi) is 4.53. The number of nitrogens with zero attached hydrogens (tertiary/aromatic N) is 1. The van der Waals surface area contributed by atoms with Crippen molar-refractivity contribution in [2.24, 2.45) is 0 Å². The number of ether oxygens (including phenoxy) is 1. The van der Waals surface area contributed by atoms with Crippen LogP contribution in [0.4, 0.5) is 18.9 Å². The molecule has 0 fully saturated rings. The number of alkyl halides is 3. The van der Waals surface area contributed by atoms with Crippen molar-refractivity contribution in [1.82, 2.24) is 4.57 Å². The fraction of sp³-hybridized carbons (Fsp3) is 0.200. The number of benzene rings is 2. The van der Waals surface area contributed by atoms with Crippen molar-refractivity contribution < 1.29 is 22.7 Å². The summed E-state index contributed by atoms with van der Waals surface area (Å²) in [5, 5.41) is 2.66. The number of carbonyl (C=O) groups is 1. The third kappa shape index (κ3) is 3.44. The Morgan fingerprint density at radius 3 is 2.76 bits per heavy atom. The summed E-state index contributed by atoms with van der Waals surface area (Å²) in [5.74, 6) is -0.342. The van der Waals surface area contributed by atoms with Gasteiger partial charge in [-0.15, -0.1) is 0 Å². The summed E-state index contributed by atoms with van der Waals surface area (Å²) in [7, 11) is 0. The molecule has 0 bridgehead atoms. The van der Waals surface area contributed by atoms with E-state index in [0.717, 1.165) is 12.1 Å². The zero-order chi connectivity index (χ0) is 20.9. The van der Waals surface area contributed by atoms with Gasteiger partial charge in [0.05, 0.1) is 28.0 Å². The highest BCUT2D eigenvalue weighted by atomic mass is 35.5. The molecular weight excluding hydrogens is 409 g/mol. The molecule has 1 amide bonds. The number of nitrogens with one attached hydrogen (secondary N) is 1. The van der Waals surface area contributed by atoms with Crippen LogP contribution in [0.3, 0.4) is 0 Å². The number of carbonyl (C=O) groups excluding carboxylic acids is 1. The molecule has 1 atom stereocenters. The van der Waals surface area contributed by atoms with Crippen molar-refractivity contribution >= 4 is 34.1 Å². The molecule has 3 aromatic rings. The molecule has 0 radical (unpaired) electrons. The van der Waals surface area contributed by atoms with E-state index < -0.39 is 23.1 Å². The molecule has 1 unspecified atom stereocenters. The molecule has 4 rings (SSSR count). The van der Waals surface area contributed by atoms with E-state index in [4.69, 9.17) is 16.3 Å². The first-order chi connectivity index (χ1) is 13.6. The average molecular weight is 423 g/mol. The molecule has 1 aromatic heterocycles. The molecule has 0 spiro atoms. The second-order valence-electron chi connectivity index (χ2n) is 6.75. The van der Waals surface area contributed by atoms with Crippen LogP contribution in [-0.2, 0) is 12.7 Å². The molecule has 1 N–H and O–H groups in total. The molecule has 9 heteroatoms. The van der Waals surface area contributed by atoms with Crippen molar-refractivity contribution in [2.45, 2.75) is 25.7 Å². The molecule has 150 valence electrons. The quantitative estimate of drug-likeness (QED) is 0.650. The molecule has 0 saturated carbocycles. The summed E-state index contributed by atoms with van der Waals surface area (Å²) in [6, 6.07) is 7.36. The summed E-state index contributed by atoms with van der Waals surface area (Å²) < 4.78 is 46.1. The number of anilines is 1. The fourth-order valence-electron chi connectivity index (χ4n) is 3.37. The minimum absolute atomic E-state index is 0.0699. The van der Waals surface area contributed by atoms with Gasteiger partial charge in [-0.1, -0.05) is 17.7 Å². The highest BCUT2D eigenvalue weighted by Crippen LogP contribution is 2.34. The summed E-state index contributed by atoms with van der Waals surface area (Å²) in [5.41, 5.74) is -1.33. The van der Waals surface area contributed by atoms with Crippen molar-refractivity contribution in [3.63, 3.8) is 0 Å². The lowest BCUT2D eigenvalue weighted by atomic mass is 10.1. The molecule has 1 aliphatic heterocycles. The Labute approximate surface area is 167 Å². The van der Waals surface area contributed by atoms with Crippen LogP contribution in [0.2, 0.25) is 5.02 Å². The highest BCUT2D eigenvalue weighted by Gasteiger charge is 2.31. The summed E-state index contributed by atoms with van der Waals surface area (Å²) in [4.78, 5) is 25.7. The highest BCUT2D eigenvalue weighted by molar-refractivity contribution is 6.35. The van der Waals surface area contributed by atoms with Crippen molar-refractivity contribution in [2.75, 3.05) is 5.32 Å². The third-order valence-corrected chi connectivity index (χ3v) is 4.92. The van der Waals surface area contributed by atoms with Crippen LogP contribution >= 0.6 is 11.6 Å². The first kappa shape index (κ1) is 19.3. The minimum Gasteiger partial charge on any atom is -0.487 e. The van der Waals surface area contributed by atoms with E-state index in [9.17, 15) is 22.8 Å². The molecule has 5 nitrogen and oxygen atoms in total. The van der Waals surface area contributed by atoms with Crippen LogP contribution in [0.1, 0.15) is 22.8 Å². The third-order valence-electron chi connectivity index (χ3n) is 4.61. The van der Waals surface area contributed by atoms with Crippen molar-refractivity contribution in [3.05, 3.63) is 69.0 Å². The molecule has 0 saturated heterocycles. The van der Waals surface area contributed by atoms with Crippen LogP contribution < -0.4 is 15.5 Å². The van der Waals surface area contributed by atoms with Crippen LogP contribution in [-0.4, -0.2) is 16.6 Å². The maximum absolute atomic E-state index is 12.9. The van der Waals surface area contributed by atoms with Crippen molar-refractivity contribution in [1.29, 1.82) is 0 Å². The molecule has 0 aliphatic carbocycles. The Morgan fingerprint density at radius 1 is 1.28 bits per heavy atom. The van der Waals surface area contributed by atoms with Gasteiger partial charge in [0, 0.05) is 11.9 Å². The van der Waals surface area contributed by atoms with E-state index in [0.29, 0.717) is 17.8 Å². The number of halogens is 4. The Morgan fingerprint density at radius 2 is 2.03 bits per heavy atom. The van der Waals surface area contributed by atoms with Gasteiger partial charge >= 0.3 is 6.18 Å². The molecule has 29 heavy (non-hydrogen) atoms. The second kappa shape index (κ2) is 6.81. The Hall–Kier alpha value is -3.00. The first-order valence-electron chi connectivity index (χ1n) is 8.66. The minimum atomic E-state index is -4.55. The molecule has 1 aliphatic rings. The zero-order valence-corrected chi connectivity index (χ0v) is 15.8. The lowest BCUT2D eigenvalue weighted by molar-refractivity contribution is -0.137. The van der Waals surface area contributed by atoms with Gasteiger partial charge in [-0.3, -0.25) is 9.59 Å². The molecule has 2 aromatic carbocycles. The number of amides is 1. The number of aromatic nitrogens is 1. The van der Waals surface area contributed by atoms with E-state index in [-0.39, 0.29) is 27.8 Å². The Bertz CT molecular complexity index is 1200. The predicted octanol–water partition coefficient (Wildman–Crippen LogP) is 4.71. The van der Waals surface area contributed by atoms with E-state index in [1.54, 1.807) is 10.6 Å². The topological polar surface area (TPSA) is 60.3 Å². The number of pyridine rings is 1. The molecule has 2 heterocycles. The lowest BCUT2D eigenvalue weighted by Gasteiger charge is -2.26. The second-order valence-corrected chi connectivity index (χ2v) is 7.16. The van der Waals surface area contributed by atoms with Crippen LogP contribution in [0.5, 0.6) is 5.75 Å². The van der Waals surface area contributed by atoms with Gasteiger partial charge < -0.3 is 14.6 Å². The average Bonchev–Trinajstić information content (AvgIpc) is 2.65. The van der Waals surface area contributed by atoms with E-state index >= 15 is 0 Å². The maximum Gasteiger partial charge on any atom is 0.416 e. The van der Waals surface area contributed by atoms with E-state index in [1.165, 1.54) is 24.4 Å². The van der Waals surface area contributed by atoms with Gasteiger partial charge in [0.25, 0.3) is 5.91 Å². The zero-order valence-electron chi connectivity index (χ0n) is 15.0. The predicted molar refractivity (Wildman–Crippen MR) is 103 cm³/mol. The van der Waals surface area contributed by atoms with Gasteiger partial charge in [0.1, 0.15) is 17.4 Å². The number of rotatable bonds is 2. The van der Waals surface area contributed by atoms with Crippen LogP contribution in [0, 0.1) is 0 Å². The number of hydrogen-bond acceptors (Lipinski definition) is 3. The van der Waals surface area contributed by atoms with Gasteiger partial charge in [0.15, 0.2) is 0 Å². The van der Waals surface area contributed by atoms with Crippen molar-refractivity contribution in [3.8, 4) is 5.75 Å². The monoisotopic (exact) mass is 422 g/mol. The number of hydrogen-bond donors (Lipinski definition) is 1. The van der Waals surface area contributed by atoms with Gasteiger partial charge in [-0.05, 0) is 37.3 Å². The smallest absolute Gasteiger partial charge is 0.416 e. The first-order valence-corrected chi connectivity index (χ1v) is 9.04. The standard InChI is InChI=1S/C20H14ClF3N2O3/c1-10-8-26-9-13(18(27)16-14(21)5-6-15(29-10)17(16)26)19(28)25-12-4-2-3-11(7-12)20(22,23)24/h2-7,9-10H,8H2,1H3,(H,25,28). The van der Waals surface area contributed by atoms with Gasteiger partial charge in [-0.25, -0.2) is 0 Å². The fourth-order valence-corrected chi connectivity index (χ4v) is 3.60. The normalized spacial score (nSPS) is 15.8. The van der Waals surface area contributed by atoms with E-state index in [2.05, 4.69) is 5.32 Å². The van der Waals surface area contributed by atoms with Crippen LogP contribution in [0.15, 0.2) is 47.4 Å². The summed E-state index contributed by atoms with van der Waals surface area (Å²) in [6.07, 6.45) is -3.37. The summed E-state index contributed by atoms with van der Waals surface area (Å²) >= 11 is 6.21. The largest absolute Gasteiger partial charge is 0.487 e.